The van der Waals surface area contributed by atoms with Gasteiger partial charge in [-0.1, -0.05) is 29.8 Å². The number of halogens is 1. The average molecular weight is 531 g/mol. The van der Waals surface area contributed by atoms with Crippen molar-refractivity contribution in [1.29, 1.82) is 0 Å². The van der Waals surface area contributed by atoms with Gasteiger partial charge < -0.3 is 20.4 Å². The first-order chi connectivity index (χ1) is 18.6. The number of hydrogen-bond donors (Lipinski definition) is 2. The van der Waals surface area contributed by atoms with E-state index in [1.807, 2.05) is 29.2 Å². The maximum Gasteiger partial charge on any atom is 0.255 e. The van der Waals surface area contributed by atoms with E-state index in [-0.39, 0.29) is 5.91 Å². The van der Waals surface area contributed by atoms with E-state index in [1.165, 1.54) is 49.9 Å². The molecular weight excluding hydrogens is 496 g/mol. The molecule has 3 aliphatic rings. The van der Waals surface area contributed by atoms with Crippen LogP contribution < -0.4 is 10.6 Å². The Morgan fingerprint density at radius 3 is 2.45 bits per heavy atom. The Morgan fingerprint density at radius 2 is 1.63 bits per heavy atom. The fraction of sp³-hybridized carbons (Fsp3) is 0.433. The van der Waals surface area contributed by atoms with E-state index in [2.05, 4.69) is 43.7 Å². The predicted octanol–water partition coefficient (Wildman–Crippen LogP) is 6.20. The largest absolute Gasteiger partial charge is 0.339 e. The maximum atomic E-state index is 13.1. The zero-order valence-corrected chi connectivity index (χ0v) is 22.5. The molecule has 1 aromatic heterocycles. The van der Waals surface area contributed by atoms with Crippen molar-refractivity contribution in [3.05, 3.63) is 70.4 Å². The van der Waals surface area contributed by atoms with E-state index < -0.39 is 0 Å². The predicted molar refractivity (Wildman–Crippen MR) is 153 cm³/mol. The second-order valence-corrected chi connectivity index (χ2v) is 11.0. The Labute approximate surface area is 229 Å². The van der Waals surface area contributed by atoms with Crippen LogP contribution in [0.25, 0.3) is 0 Å². The molecular formula is C30H35ClN6O. The molecule has 1 atom stereocenters. The van der Waals surface area contributed by atoms with Gasteiger partial charge in [-0.2, -0.15) is 4.98 Å². The second-order valence-electron chi connectivity index (χ2n) is 10.6. The van der Waals surface area contributed by atoms with Gasteiger partial charge in [0.1, 0.15) is 5.02 Å². The number of aromatic nitrogens is 2. The highest BCUT2D eigenvalue weighted by molar-refractivity contribution is 6.33. The molecule has 2 saturated heterocycles. The standard InChI is InChI=1S/C30H35ClN6O/c31-26-20-32-30(35-28(26)34-27-8-2-1-7-25(27)29(38)37-17-5-6-18-37)33-23-12-9-21-10-13-24(14-11-22(21)19-23)36-15-3-4-16-36/h1-2,7-9,12,19-20,24H,3-6,10-11,13-18H2,(H2,32,33,34,35)/t24-/m0/s1. The highest BCUT2D eigenvalue weighted by atomic mass is 35.5. The van der Waals surface area contributed by atoms with Crippen LogP contribution in [0.2, 0.25) is 5.02 Å². The van der Waals surface area contributed by atoms with E-state index in [0.29, 0.717) is 34.1 Å². The van der Waals surface area contributed by atoms with Gasteiger partial charge in [-0.15, -0.1) is 0 Å². The molecule has 2 N–H and O–H groups in total. The number of likely N-dealkylation sites (tertiary alicyclic amines) is 2. The van der Waals surface area contributed by atoms with Gasteiger partial charge >= 0.3 is 0 Å². The van der Waals surface area contributed by atoms with Crippen LogP contribution in [0, 0.1) is 0 Å². The number of fused-ring (bicyclic) bond motifs is 1. The molecule has 2 aliphatic heterocycles. The summed E-state index contributed by atoms with van der Waals surface area (Å²) in [5.41, 5.74) is 5.15. The first-order valence-corrected chi connectivity index (χ1v) is 14.3. The highest BCUT2D eigenvalue weighted by Crippen LogP contribution is 2.30. The lowest BCUT2D eigenvalue weighted by Crippen LogP contribution is -2.32. The molecule has 0 saturated carbocycles. The highest BCUT2D eigenvalue weighted by Gasteiger charge is 2.25. The van der Waals surface area contributed by atoms with Gasteiger partial charge in [0.15, 0.2) is 5.82 Å². The zero-order chi connectivity index (χ0) is 25.9. The fourth-order valence-corrected chi connectivity index (χ4v) is 6.22. The third-order valence-corrected chi connectivity index (χ3v) is 8.44. The molecule has 1 amide bonds. The van der Waals surface area contributed by atoms with E-state index >= 15 is 0 Å². The minimum atomic E-state index is 0.0334. The van der Waals surface area contributed by atoms with Crippen LogP contribution in [-0.4, -0.2) is 57.9 Å². The molecule has 2 aromatic carbocycles. The molecule has 6 rings (SSSR count). The van der Waals surface area contributed by atoms with E-state index in [0.717, 1.165) is 44.5 Å². The van der Waals surface area contributed by atoms with Crippen molar-refractivity contribution in [2.45, 2.75) is 57.4 Å². The van der Waals surface area contributed by atoms with Gasteiger partial charge in [0.2, 0.25) is 5.95 Å². The number of amides is 1. The zero-order valence-electron chi connectivity index (χ0n) is 21.8. The fourth-order valence-electron chi connectivity index (χ4n) is 6.08. The summed E-state index contributed by atoms with van der Waals surface area (Å²) in [5, 5.41) is 7.05. The monoisotopic (exact) mass is 530 g/mol. The molecule has 0 unspecified atom stereocenters. The lowest BCUT2D eigenvalue weighted by molar-refractivity contribution is 0.0794. The van der Waals surface area contributed by atoms with Crippen LogP contribution in [0.15, 0.2) is 48.7 Å². The minimum Gasteiger partial charge on any atom is -0.339 e. The summed E-state index contributed by atoms with van der Waals surface area (Å²) in [6, 6.07) is 14.8. The molecule has 38 heavy (non-hydrogen) atoms. The van der Waals surface area contributed by atoms with E-state index in [4.69, 9.17) is 11.6 Å². The Bertz CT molecular complexity index is 1300. The van der Waals surface area contributed by atoms with Crippen molar-refractivity contribution in [2.75, 3.05) is 36.8 Å². The molecule has 8 heteroatoms. The van der Waals surface area contributed by atoms with Crippen LogP contribution >= 0.6 is 11.6 Å². The normalized spacial score (nSPS) is 19.7. The molecule has 2 fully saturated rings. The number of hydrogen-bond acceptors (Lipinski definition) is 6. The smallest absolute Gasteiger partial charge is 0.255 e. The summed E-state index contributed by atoms with van der Waals surface area (Å²) >= 11 is 6.47. The van der Waals surface area contributed by atoms with Gasteiger partial charge in [-0.3, -0.25) is 4.79 Å². The van der Waals surface area contributed by atoms with Gasteiger partial charge in [0.25, 0.3) is 5.91 Å². The summed E-state index contributed by atoms with van der Waals surface area (Å²) in [6.07, 6.45) is 11.1. The molecule has 1 aliphatic carbocycles. The lowest BCUT2D eigenvalue weighted by atomic mass is 10.0. The molecule has 0 spiro atoms. The van der Waals surface area contributed by atoms with Crippen LogP contribution in [-0.2, 0) is 12.8 Å². The van der Waals surface area contributed by atoms with Crippen molar-refractivity contribution in [2.24, 2.45) is 0 Å². The number of carbonyl (C=O) groups excluding carboxylic acids is 1. The van der Waals surface area contributed by atoms with Crippen molar-refractivity contribution in [3.8, 4) is 0 Å². The van der Waals surface area contributed by atoms with Crippen molar-refractivity contribution < 1.29 is 4.79 Å². The first kappa shape index (κ1) is 25.1. The molecule has 0 radical (unpaired) electrons. The van der Waals surface area contributed by atoms with E-state index in [1.54, 1.807) is 6.20 Å². The number of carbonyl (C=O) groups is 1. The third-order valence-electron chi connectivity index (χ3n) is 8.16. The molecule has 0 bridgehead atoms. The third kappa shape index (κ3) is 5.49. The summed E-state index contributed by atoms with van der Waals surface area (Å²) in [7, 11) is 0. The SMILES string of the molecule is O=C(c1ccccc1Nc1nc(Nc2ccc3c(c2)CC[C@@H](N2CCCC2)CC3)ncc1Cl)N1CCCC1. The average Bonchev–Trinajstić information content (AvgIpc) is 3.63. The van der Waals surface area contributed by atoms with Crippen molar-refractivity contribution in [3.63, 3.8) is 0 Å². The van der Waals surface area contributed by atoms with E-state index in [9.17, 15) is 4.79 Å². The summed E-state index contributed by atoms with van der Waals surface area (Å²) in [6.45, 7) is 4.12. The number of nitrogens with one attached hydrogen (secondary N) is 2. The van der Waals surface area contributed by atoms with Crippen molar-refractivity contribution >= 4 is 40.6 Å². The second kappa shape index (κ2) is 11.3. The van der Waals surface area contributed by atoms with Crippen LogP contribution in [0.3, 0.4) is 0 Å². The Kier molecular flexibility index (Phi) is 7.47. The van der Waals surface area contributed by atoms with Crippen molar-refractivity contribution in [1.82, 2.24) is 19.8 Å². The van der Waals surface area contributed by atoms with Crippen LogP contribution in [0.5, 0.6) is 0 Å². The quantitative estimate of drug-likeness (QED) is 0.370. The summed E-state index contributed by atoms with van der Waals surface area (Å²) in [4.78, 5) is 26.8. The number of nitrogens with zero attached hydrogens (tertiary/aromatic N) is 4. The molecule has 3 heterocycles. The van der Waals surface area contributed by atoms with Gasteiger partial charge in [-0.05, 0) is 99.8 Å². The Morgan fingerprint density at radius 1 is 0.895 bits per heavy atom. The van der Waals surface area contributed by atoms with Gasteiger partial charge in [-0.25, -0.2) is 4.98 Å². The van der Waals surface area contributed by atoms with Crippen LogP contribution in [0.4, 0.5) is 23.1 Å². The number of rotatable bonds is 6. The minimum absolute atomic E-state index is 0.0334. The molecule has 3 aromatic rings. The molecule has 7 nitrogen and oxygen atoms in total. The number of anilines is 4. The van der Waals surface area contributed by atoms with Crippen LogP contribution in [0.1, 0.15) is 60.0 Å². The summed E-state index contributed by atoms with van der Waals surface area (Å²) in [5.74, 6) is 0.962. The van der Waals surface area contributed by atoms with Gasteiger partial charge in [0, 0.05) is 24.8 Å². The summed E-state index contributed by atoms with van der Waals surface area (Å²) < 4.78 is 0. The molecule has 198 valence electrons. The number of benzene rings is 2. The first-order valence-electron chi connectivity index (χ1n) is 13.9. The Hall–Kier alpha value is -3.16. The lowest BCUT2D eigenvalue weighted by Gasteiger charge is -2.25. The number of aryl methyl sites for hydroxylation is 2. The van der Waals surface area contributed by atoms with Gasteiger partial charge in [0.05, 0.1) is 17.4 Å². The topological polar surface area (TPSA) is 73.4 Å². The maximum absolute atomic E-state index is 13.1. The Balaban J connectivity index is 1.17. The number of para-hydroxylation sites is 1.